The van der Waals surface area contributed by atoms with E-state index >= 15 is 0 Å². The van der Waals surface area contributed by atoms with Gasteiger partial charge in [0, 0.05) is 23.8 Å². The molecule has 0 aliphatic carbocycles. The predicted octanol–water partition coefficient (Wildman–Crippen LogP) is 8.76. The first-order chi connectivity index (χ1) is 16.6. The number of aromatic nitrogens is 2. The Bertz CT molecular complexity index is 1100. The molecule has 2 aromatic carbocycles. The standard InChI is InChI=1S/C26H41N2P2Si.C5H5.Fe/c1-24(2,3)30(25(4,5)6)18-19-16-20(31(7,8)9)17-21(19)26(29,22-12-10-14-27-22)23-13-11-15-28-23;1-2-4-5-3-1;/h10-17,27-28H,18,29H2,1-9H3;1-5H;/q2*-1;+2. The Hall–Kier alpha value is -1.14. The maximum atomic E-state index is 3.53. The smallest absolute Gasteiger partial charge is 0.364 e. The largest absolute Gasteiger partial charge is 2.00 e. The summed E-state index contributed by atoms with van der Waals surface area (Å²) in [5.74, 6) is 0. The van der Waals surface area contributed by atoms with Crippen LogP contribution >= 0.6 is 17.2 Å². The van der Waals surface area contributed by atoms with E-state index in [-0.39, 0.29) is 30.1 Å². The Morgan fingerprint density at radius 1 is 0.838 bits per heavy atom. The summed E-state index contributed by atoms with van der Waals surface area (Å²) in [4.78, 5) is 7.06. The van der Waals surface area contributed by atoms with E-state index in [1.165, 1.54) is 22.5 Å². The van der Waals surface area contributed by atoms with E-state index in [2.05, 4.69) is 117 Å². The zero-order valence-electron chi connectivity index (χ0n) is 24.1. The van der Waals surface area contributed by atoms with Gasteiger partial charge >= 0.3 is 17.1 Å². The van der Waals surface area contributed by atoms with Gasteiger partial charge in [0.1, 0.15) is 0 Å². The Balaban J connectivity index is 0.000000716. The van der Waals surface area contributed by atoms with Crippen LogP contribution in [0.1, 0.15) is 64.1 Å². The van der Waals surface area contributed by atoms with Gasteiger partial charge in [-0.15, -0.1) is 22.7 Å². The summed E-state index contributed by atoms with van der Waals surface area (Å²) in [5.41, 5.74) is 5.38. The third-order valence-corrected chi connectivity index (χ3v) is 13.7. The first kappa shape index (κ1) is 32.1. The van der Waals surface area contributed by atoms with Crippen molar-refractivity contribution in [1.82, 2.24) is 9.97 Å². The predicted molar refractivity (Wildman–Crippen MR) is 168 cm³/mol. The third kappa shape index (κ3) is 7.71. The van der Waals surface area contributed by atoms with E-state index in [9.17, 15) is 0 Å². The van der Waals surface area contributed by atoms with Gasteiger partial charge in [-0.2, -0.15) is 35.0 Å². The van der Waals surface area contributed by atoms with Crippen molar-refractivity contribution in [2.24, 2.45) is 0 Å². The topological polar surface area (TPSA) is 31.6 Å². The van der Waals surface area contributed by atoms with Crippen LogP contribution in [-0.4, -0.2) is 28.4 Å². The SMILES string of the molecule is CC(C)(C)P(Cc1cc([Si](C)(C)C)[cH-]c1C(P)(c1ccc[nH]1)c1ccc[nH]1)C(C)(C)C.[Fe+2].c1cc[cH-]c1. The first-order valence-corrected chi connectivity index (χ1v) is 18.6. The van der Waals surface area contributed by atoms with Crippen molar-refractivity contribution in [1.29, 1.82) is 0 Å². The summed E-state index contributed by atoms with van der Waals surface area (Å²) in [6.45, 7) is 21.9. The molecular formula is C31H46FeN2P2Si. The minimum atomic E-state index is -1.46. The van der Waals surface area contributed by atoms with Crippen molar-refractivity contribution in [3.8, 4) is 0 Å². The molecule has 1 unspecified atom stereocenters. The second kappa shape index (κ2) is 12.4. The summed E-state index contributed by atoms with van der Waals surface area (Å²) in [6.07, 6.45) is 5.23. The van der Waals surface area contributed by atoms with Crippen molar-refractivity contribution in [3.05, 3.63) is 102 Å². The van der Waals surface area contributed by atoms with Gasteiger partial charge in [-0.05, 0) is 34.6 Å². The normalized spacial score (nSPS) is 12.7. The molecule has 2 aromatic heterocycles. The van der Waals surface area contributed by atoms with Crippen LogP contribution in [0.25, 0.3) is 0 Å². The molecule has 4 aromatic rings. The Labute approximate surface area is 241 Å². The molecule has 37 heavy (non-hydrogen) atoms. The number of aromatic amines is 2. The molecule has 1 atom stereocenters. The van der Waals surface area contributed by atoms with Crippen molar-refractivity contribution in [3.63, 3.8) is 0 Å². The summed E-state index contributed by atoms with van der Waals surface area (Å²) >= 11 is 0. The van der Waals surface area contributed by atoms with Crippen molar-refractivity contribution >= 4 is 30.4 Å². The molecule has 0 saturated heterocycles. The minimum absolute atomic E-state index is 0. The molecule has 2 N–H and O–H groups in total. The average Bonchev–Trinajstić information content (AvgIpc) is 3.57. The molecule has 2 nitrogen and oxygen atoms in total. The molecule has 6 heteroatoms. The van der Waals surface area contributed by atoms with Gasteiger partial charge in [0.25, 0.3) is 0 Å². The summed E-state index contributed by atoms with van der Waals surface area (Å²) in [7, 11) is 1.52. The third-order valence-electron chi connectivity index (χ3n) is 6.82. The number of H-pyrrole nitrogens is 2. The molecule has 0 saturated carbocycles. The molecule has 0 radical (unpaired) electrons. The monoisotopic (exact) mass is 592 g/mol. The van der Waals surface area contributed by atoms with Gasteiger partial charge in [-0.1, -0.05) is 67.3 Å². The van der Waals surface area contributed by atoms with Gasteiger partial charge < -0.3 is 9.97 Å². The summed E-state index contributed by atoms with van der Waals surface area (Å²) in [6, 6.07) is 23.7. The first-order valence-electron chi connectivity index (χ1n) is 13.0. The second-order valence-corrected chi connectivity index (χ2v) is 22.6. The van der Waals surface area contributed by atoms with E-state index in [0.29, 0.717) is 10.3 Å². The van der Waals surface area contributed by atoms with Crippen LogP contribution in [0.5, 0.6) is 0 Å². The Morgan fingerprint density at radius 3 is 1.65 bits per heavy atom. The van der Waals surface area contributed by atoms with E-state index in [1.54, 1.807) is 5.19 Å². The fraction of sp³-hybridized carbons (Fsp3) is 0.419. The molecule has 0 aliphatic rings. The van der Waals surface area contributed by atoms with Crippen LogP contribution in [-0.2, 0) is 28.4 Å². The number of hydrogen-bond donors (Lipinski definition) is 2. The molecule has 0 bridgehead atoms. The van der Waals surface area contributed by atoms with Crippen LogP contribution in [0, 0.1) is 0 Å². The fourth-order valence-electron chi connectivity index (χ4n) is 5.04. The van der Waals surface area contributed by atoms with E-state index in [0.717, 1.165) is 6.16 Å². The molecule has 4 rings (SSSR count). The fourth-order valence-corrected chi connectivity index (χ4v) is 10.4. The maximum absolute atomic E-state index is 3.53. The zero-order chi connectivity index (χ0) is 26.8. The molecule has 0 aliphatic heterocycles. The van der Waals surface area contributed by atoms with Crippen LogP contribution in [0.2, 0.25) is 19.6 Å². The van der Waals surface area contributed by atoms with Crippen LogP contribution in [0.4, 0.5) is 0 Å². The van der Waals surface area contributed by atoms with Crippen molar-refractivity contribution in [2.75, 3.05) is 0 Å². The minimum Gasteiger partial charge on any atom is -0.364 e. The van der Waals surface area contributed by atoms with Gasteiger partial charge in [0.05, 0.1) is 13.2 Å². The Kier molecular flexibility index (Phi) is 10.7. The average molecular weight is 593 g/mol. The Morgan fingerprint density at radius 2 is 1.32 bits per heavy atom. The molecule has 2 heterocycles. The van der Waals surface area contributed by atoms with Crippen molar-refractivity contribution < 1.29 is 17.1 Å². The number of rotatable bonds is 6. The van der Waals surface area contributed by atoms with Crippen molar-refractivity contribution in [2.45, 2.75) is 82.8 Å². The van der Waals surface area contributed by atoms with Gasteiger partial charge in [-0.3, -0.25) is 0 Å². The quantitative estimate of drug-likeness (QED) is 0.128. The van der Waals surface area contributed by atoms with E-state index < -0.39 is 8.07 Å². The van der Waals surface area contributed by atoms with Crippen LogP contribution in [0.3, 0.4) is 0 Å². The van der Waals surface area contributed by atoms with Crippen LogP contribution in [0.15, 0.2) is 79.1 Å². The molecule has 0 spiro atoms. The molecule has 0 fully saturated rings. The number of hydrogen-bond acceptors (Lipinski definition) is 0. The second-order valence-electron chi connectivity index (χ2n) is 12.8. The maximum Gasteiger partial charge on any atom is 2.00 e. The van der Waals surface area contributed by atoms with E-state index in [1.807, 2.05) is 42.7 Å². The van der Waals surface area contributed by atoms with Gasteiger partial charge in [0.2, 0.25) is 0 Å². The molecular weight excluding hydrogens is 546 g/mol. The zero-order valence-corrected chi connectivity index (χ0v) is 28.2. The molecule has 0 amide bonds. The van der Waals surface area contributed by atoms with Gasteiger partial charge in [0.15, 0.2) is 0 Å². The summed E-state index contributed by atoms with van der Waals surface area (Å²) < 4.78 is 0. The van der Waals surface area contributed by atoms with Gasteiger partial charge in [-0.25, -0.2) is 18.2 Å². The number of nitrogens with one attached hydrogen (secondary N) is 2. The molecule has 202 valence electrons. The van der Waals surface area contributed by atoms with Crippen LogP contribution < -0.4 is 5.19 Å². The van der Waals surface area contributed by atoms with E-state index in [4.69, 9.17) is 0 Å². The summed E-state index contributed by atoms with van der Waals surface area (Å²) in [5, 5.41) is 1.84.